The number of carbonyl (C=O) groups excluding carboxylic acids is 1. The van der Waals surface area contributed by atoms with Crippen molar-refractivity contribution < 1.29 is 13.2 Å². The smallest absolute Gasteiger partial charge is 0.261 e. The van der Waals surface area contributed by atoms with Crippen LogP contribution in [0, 0.1) is 0 Å². The molecule has 9 heteroatoms. The number of thioether (sulfide) groups is 1. The first-order chi connectivity index (χ1) is 15.3. The number of likely N-dealkylation sites (N-methyl/N-ethyl adjacent to an activating group) is 1. The van der Waals surface area contributed by atoms with Crippen molar-refractivity contribution in [2.24, 2.45) is 0 Å². The minimum atomic E-state index is -3.77. The van der Waals surface area contributed by atoms with Gasteiger partial charge in [0.05, 0.1) is 10.6 Å². The maximum atomic E-state index is 12.9. The molecule has 1 unspecified atom stereocenters. The van der Waals surface area contributed by atoms with E-state index in [1.165, 1.54) is 6.07 Å². The third kappa shape index (κ3) is 5.64. The molecule has 0 saturated carbocycles. The van der Waals surface area contributed by atoms with E-state index in [1.807, 2.05) is 19.1 Å². The van der Waals surface area contributed by atoms with Crippen molar-refractivity contribution in [3.8, 4) is 0 Å². The Morgan fingerprint density at radius 2 is 1.75 bits per heavy atom. The van der Waals surface area contributed by atoms with Gasteiger partial charge in [-0.15, -0.1) is 11.8 Å². The fourth-order valence-corrected chi connectivity index (χ4v) is 6.15. The van der Waals surface area contributed by atoms with Crippen LogP contribution in [0.5, 0.6) is 0 Å². The number of carbonyl (C=O) groups is 1. The van der Waals surface area contributed by atoms with Gasteiger partial charge in [0.1, 0.15) is 0 Å². The first kappa shape index (κ1) is 23.1. The highest BCUT2D eigenvalue weighted by atomic mass is 32.2. The van der Waals surface area contributed by atoms with Crippen LogP contribution in [0.3, 0.4) is 0 Å². The van der Waals surface area contributed by atoms with Gasteiger partial charge in [0.15, 0.2) is 0 Å². The van der Waals surface area contributed by atoms with Crippen LogP contribution in [0.25, 0.3) is 0 Å². The van der Waals surface area contributed by atoms with Crippen molar-refractivity contribution in [3.63, 3.8) is 0 Å². The lowest BCUT2D eigenvalue weighted by Gasteiger charge is -2.34. The molecule has 0 bridgehead atoms. The van der Waals surface area contributed by atoms with E-state index in [0.29, 0.717) is 17.8 Å². The summed E-state index contributed by atoms with van der Waals surface area (Å²) < 4.78 is 28.5. The summed E-state index contributed by atoms with van der Waals surface area (Å²) in [4.78, 5) is 17.9. The first-order valence-corrected chi connectivity index (χ1v) is 13.4. The molecule has 2 aliphatic rings. The van der Waals surface area contributed by atoms with Gasteiger partial charge in [-0.3, -0.25) is 14.4 Å². The Kier molecular flexibility index (Phi) is 7.09. The number of sulfonamides is 1. The fourth-order valence-electron chi connectivity index (χ4n) is 4.01. The second-order valence-corrected chi connectivity index (χ2v) is 11.5. The molecule has 2 N–H and O–H groups in total. The molecule has 2 aromatic rings. The molecule has 4 rings (SSSR count). The van der Waals surface area contributed by atoms with Crippen LogP contribution in [0.1, 0.15) is 25.8 Å². The summed E-state index contributed by atoms with van der Waals surface area (Å²) in [6.45, 7) is 10.4. The average Bonchev–Trinajstić information content (AvgIpc) is 2.91. The zero-order valence-electron chi connectivity index (χ0n) is 18.5. The summed E-state index contributed by atoms with van der Waals surface area (Å²) in [5, 5.41) is 2.97. The number of piperazine rings is 1. The maximum absolute atomic E-state index is 12.9. The molecule has 0 aromatic heterocycles. The zero-order chi connectivity index (χ0) is 22.7. The molecule has 7 nitrogen and oxygen atoms in total. The Hall–Kier alpha value is -2.07. The second-order valence-electron chi connectivity index (χ2n) is 8.35. The number of rotatable bonds is 6. The third-order valence-corrected chi connectivity index (χ3v) is 8.42. The Bertz CT molecular complexity index is 1070. The Morgan fingerprint density at radius 3 is 2.44 bits per heavy atom. The molecule has 2 aliphatic heterocycles. The van der Waals surface area contributed by atoms with Gasteiger partial charge >= 0.3 is 0 Å². The second kappa shape index (κ2) is 9.82. The standard InChI is InChI=1S/C23H30N4O3S2/c1-3-26-10-12-27(13-11-26)16-18-4-6-19(7-5-18)25-32(29,30)20-8-9-22-21(15-20)24-23(28)14-17(2)31-22/h4-9,15,17,25H,3,10-14,16H2,1-2H3,(H,24,28). The van der Waals surface area contributed by atoms with Crippen molar-refractivity contribution in [1.82, 2.24) is 9.80 Å². The van der Waals surface area contributed by atoms with Crippen molar-refractivity contribution >= 4 is 39.1 Å². The van der Waals surface area contributed by atoms with Gasteiger partial charge in [-0.2, -0.15) is 0 Å². The molecule has 1 amide bonds. The van der Waals surface area contributed by atoms with Gasteiger partial charge in [0.25, 0.3) is 10.0 Å². The SMILES string of the molecule is CCN1CCN(Cc2ccc(NS(=O)(=O)c3ccc4c(c3)NC(=O)CC(C)S4)cc2)CC1. The van der Waals surface area contributed by atoms with Gasteiger partial charge in [0.2, 0.25) is 5.91 Å². The van der Waals surface area contributed by atoms with Gasteiger partial charge in [-0.1, -0.05) is 26.0 Å². The summed E-state index contributed by atoms with van der Waals surface area (Å²) in [5.41, 5.74) is 2.23. The van der Waals surface area contributed by atoms with Crippen LogP contribution >= 0.6 is 11.8 Å². The fraction of sp³-hybridized carbons (Fsp3) is 0.435. The van der Waals surface area contributed by atoms with Crippen molar-refractivity contribution in [3.05, 3.63) is 48.0 Å². The maximum Gasteiger partial charge on any atom is 0.261 e. The highest BCUT2D eigenvalue weighted by Crippen LogP contribution is 2.36. The minimum Gasteiger partial charge on any atom is -0.325 e. The molecule has 1 atom stereocenters. The van der Waals surface area contributed by atoms with E-state index < -0.39 is 10.0 Å². The van der Waals surface area contributed by atoms with Crippen molar-refractivity contribution in [1.29, 1.82) is 0 Å². The lowest BCUT2D eigenvalue weighted by atomic mass is 10.2. The van der Waals surface area contributed by atoms with Gasteiger partial charge < -0.3 is 10.2 Å². The van der Waals surface area contributed by atoms with Crippen LogP contribution < -0.4 is 10.0 Å². The van der Waals surface area contributed by atoms with E-state index >= 15 is 0 Å². The molecule has 2 aromatic carbocycles. The molecule has 172 valence electrons. The van der Waals surface area contributed by atoms with Crippen LogP contribution in [-0.4, -0.2) is 62.1 Å². The Balaban J connectivity index is 1.42. The molecule has 1 fully saturated rings. The molecule has 2 heterocycles. The number of anilines is 2. The summed E-state index contributed by atoms with van der Waals surface area (Å²) >= 11 is 1.57. The predicted octanol–water partition coefficient (Wildman–Crippen LogP) is 3.45. The molecular weight excluding hydrogens is 444 g/mol. The highest BCUT2D eigenvalue weighted by molar-refractivity contribution is 8.00. The Morgan fingerprint density at radius 1 is 1.06 bits per heavy atom. The predicted molar refractivity (Wildman–Crippen MR) is 130 cm³/mol. The highest BCUT2D eigenvalue weighted by Gasteiger charge is 2.22. The summed E-state index contributed by atoms with van der Waals surface area (Å²) in [6, 6.07) is 12.4. The van der Waals surface area contributed by atoms with Gasteiger partial charge in [-0.25, -0.2) is 8.42 Å². The van der Waals surface area contributed by atoms with E-state index in [1.54, 1.807) is 36.0 Å². The molecule has 32 heavy (non-hydrogen) atoms. The number of benzene rings is 2. The summed E-state index contributed by atoms with van der Waals surface area (Å²) in [6.07, 6.45) is 0.403. The molecule has 0 aliphatic carbocycles. The van der Waals surface area contributed by atoms with Crippen LogP contribution in [0.15, 0.2) is 52.3 Å². The largest absolute Gasteiger partial charge is 0.325 e. The van der Waals surface area contributed by atoms with Crippen LogP contribution in [0.4, 0.5) is 11.4 Å². The number of nitrogens with one attached hydrogen (secondary N) is 2. The normalized spacial score (nSPS) is 20.3. The quantitative estimate of drug-likeness (QED) is 0.668. The van der Waals surface area contributed by atoms with Crippen LogP contribution in [-0.2, 0) is 21.4 Å². The van der Waals surface area contributed by atoms with Crippen molar-refractivity contribution in [2.45, 2.75) is 41.9 Å². The molecular formula is C23H30N4O3S2. The van der Waals surface area contributed by atoms with Gasteiger partial charge in [0, 0.05) is 55.0 Å². The third-order valence-electron chi connectivity index (χ3n) is 5.86. The summed E-state index contributed by atoms with van der Waals surface area (Å²) in [7, 11) is -3.77. The molecule has 1 saturated heterocycles. The first-order valence-electron chi connectivity index (χ1n) is 11.0. The topological polar surface area (TPSA) is 81.8 Å². The van der Waals surface area contributed by atoms with Gasteiger partial charge in [-0.05, 0) is 42.4 Å². The number of nitrogens with zero attached hydrogens (tertiary/aromatic N) is 2. The molecule has 0 radical (unpaired) electrons. The lowest BCUT2D eigenvalue weighted by molar-refractivity contribution is -0.116. The van der Waals surface area contributed by atoms with E-state index in [2.05, 4.69) is 26.8 Å². The number of hydrogen-bond donors (Lipinski definition) is 2. The monoisotopic (exact) mass is 474 g/mol. The van der Waals surface area contributed by atoms with E-state index in [9.17, 15) is 13.2 Å². The zero-order valence-corrected chi connectivity index (χ0v) is 20.1. The number of hydrogen-bond acceptors (Lipinski definition) is 6. The lowest BCUT2D eigenvalue weighted by Crippen LogP contribution is -2.45. The van der Waals surface area contributed by atoms with Crippen LogP contribution in [0.2, 0.25) is 0 Å². The average molecular weight is 475 g/mol. The van der Waals surface area contributed by atoms with E-state index in [0.717, 1.165) is 49.7 Å². The van der Waals surface area contributed by atoms with E-state index in [-0.39, 0.29) is 16.1 Å². The molecule has 0 spiro atoms. The summed E-state index contributed by atoms with van der Waals surface area (Å²) in [5.74, 6) is -0.0991. The van der Waals surface area contributed by atoms with E-state index in [4.69, 9.17) is 0 Å². The Labute approximate surface area is 194 Å². The van der Waals surface area contributed by atoms with Crippen molar-refractivity contribution in [2.75, 3.05) is 42.8 Å². The number of fused-ring (bicyclic) bond motifs is 1. The minimum absolute atomic E-state index is 0.0991. The number of amides is 1.